The minimum Gasteiger partial charge on any atom is -0.356 e. The van der Waals surface area contributed by atoms with E-state index < -0.39 is 0 Å². The van der Waals surface area contributed by atoms with Crippen LogP contribution in [0.25, 0.3) is 0 Å². The Kier molecular flexibility index (Phi) is 5.03. The Hall–Kier alpha value is -2.54. The summed E-state index contributed by atoms with van der Waals surface area (Å²) >= 11 is 0. The highest BCUT2D eigenvalue weighted by Crippen LogP contribution is 2.27. The smallest absolute Gasteiger partial charge is 0.271 e. The molecular formula is C20H22FN3O3. The molecule has 2 fully saturated rings. The van der Waals surface area contributed by atoms with Gasteiger partial charge in [0.15, 0.2) is 6.23 Å². The molecule has 6 nitrogen and oxygen atoms in total. The molecule has 1 aromatic heterocycles. The Morgan fingerprint density at radius 2 is 1.96 bits per heavy atom. The number of hydrogen-bond acceptors (Lipinski definition) is 4. The van der Waals surface area contributed by atoms with Gasteiger partial charge in [-0.05, 0) is 49.8 Å². The van der Waals surface area contributed by atoms with E-state index in [0.29, 0.717) is 31.7 Å². The number of amides is 1. The molecule has 2 aromatic rings. The first-order chi connectivity index (χ1) is 13.1. The van der Waals surface area contributed by atoms with Crippen molar-refractivity contribution >= 4 is 11.6 Å². The van der Waals surface area contributed by atoms with E-state index in [-0.39, 0.29) is 29.4 Å². The number of carbonyl (C=O) groups is 1. The summed E-state index contributed by atoms with van der Waals surface area (Å²) < 4.78 is 20.0. The zero-order valence-corrected chi connectivity index (χ0v) is 15.0. The Balaban J connectivity index is 1.47. The second-order valence-corrected chi connectivity index (χ2v) is 7.12. The quantitative estimate of drug-likeness (QED) is 0.829. The van der Waals surface area contributed by atoms with Crippen LogP contribution >= 0.6 is 0 Å². The number of halogens is 1. The SMILES string of the molecule is O=C1C(Cc2ccc(F)cc2)CCN1c1cnn(C2CCCCO2)c(=O)c1. The molecule has 7 heteroatoms. The molecule has 2 aliphatic heterocycles. The summed E-state index contributed by atoms with van der Waals surface area (Å²) in [4.78, 5) is 26.8. The Morgan fingerprint density at radius 3 is 2.67 bits per heavy atom. The summed E-state index contributed by atoms with van der Waals surface area (Å²) in [7, 11) is 0. The van der Waals surface area contributed by atoms with Crippen LogP contribution in [-0.2, 0) is 16.0 Å². The van der Waals surface area contributed by atoms with Gasteiger partial charge in [-0.15, -0.1) is 0 Å². The van der Waals surface area contributed by atoms with Gasteiger partial charge < -0.3 is 9.64 Å². The first-order valence-corrected chi connectivity index (χ1v) is 9.38. The van der Waals surface area contributed by atoms with Gasteiger partial charge in [0.25, 0.3) is 5.56 Å². The third kappa shape index (κ3) is 3.78. The van der Waals surface area contributed by atoms with Crippen molar-refractivity contribution in [3.05, 3.63) is 58.3 Å². The van der Waals surface area contributed by atoms with Gasteiger partial charge in [0.2, 0.25) is 5.91 Å². The number of aromatic nitrogens is 2. The summed E-state index contributed by atoms with van der Waals surface area (Å²) in [6.07, 6.45) is 5.30. The van der Waals surface area contributed by atoms with Gasteiger partial charge in [-0.1, -0.05) is 12.1 Å². The third-order valence-corrected chi connectivity index (χ3v) is 5.26. The standard InChI is InChI=1S/C20H22FN3O3/c21-16-6-4-14(5-7-16)11-15-8-9-23(20(15)26)17-12-18(25)24(22-13-17)19-3-1-2-10-27-19/h4-7,12-13,15,19H,1-3,8-11H2. The molecule has 2 unspecified atom stereocenters. The van der Waals surface area contributed by atoms with Crippen LogP contribution in [0, 0.1) is 11.7 Å². The fraction of sp³-hybridized carbons (Fsp3) is 0.450. The third-order valence-electron chi connectivity index (χ3n) is 5.26. The molecule has 2 aliphatic rings. The monoisotopic (exact) mass is 371 g/mol. The molecule has 142 valence electrons. The van der Waals surface area contributed by atoms with Crippen molar-refractivity contribution in [3.63, 3.8) is 0 Å². The van der Waals surface area contributed by atoms with E-state index in [1.807, 2.05) is 0 Å². The van der Waals surface area contributed by atoms with Gasteiger partial charge in [-0.25, -0.2) is 9.07 Å². The zero-order valence-electron chi connectivity index (χ0n) is 15.0. The topological polar surface area (TPSA) is 64.4 Å². The molecule has 0 saturated carbocycles. The highest BCUT2D eigenvalue weighted by atomic mass is 19.1. The molecule has 27 heavy (non-hydrogen) atoms. The van der Waals surface area contributed by atoms with Crippen molar-refractivity contribution in [3.8, 4) is 0 Å². The fourth-order valence-electron chi connectivity index (χ4n) is 3.78. The van der Waals surface area contributed by atoms with E-state index in [1.165, 1.54) is 22.9 Å². The maximum Gasteiger partial charge on any atom is 0.271 e. The number of benzene rings is 1. The molecular weight excluding hydrogens is 349 g/mol. The molecule has 0 bridgehead atoms. The minimum absolute atomic E-state index is 0.0211. The zero-order chi connectivity index (χ0) is 18.8. The van der Waals surface area contributed by atoms with Gasteiger partial charge >= 0.3 is 0 Å². The highest BCUT2D eigenvalue weighted by Gasteiger charge is 2.33. The van der Waals surface area contributed by atoms with Gasteiger partial charge in [0.05, 0.1) is 11.9 Å². The molecule has 1 amide bonds. The van der Waals surface area contributed by atoms with Crippen molar-refractivity contribution < 1.29 is 13.9 Å². The fourth-order valence-corrected chi connectivity index (χ4v) is 3.78. The largest absolute Gasteiger partial charge is 0.356 e. The molecule has 0 radical (unpaired) electrons. The van der Waals surface area contributed by atoms with Crippen molar-refractivity contribution in [2.75, 3.05) is 18.1 Å². The number of ether oxygens (including phenoxy) is 1. The van der Waals surface area contributed by atoms with Crippen LogP contribution in [0.3, 0.4) is 0 Å². The van der Waals surface area contributed by atoms with E-state index in [4.69, 9.17) is 4.74 Å². The summed E-state index contributed by atoms with van der Waals surface area (Å²) in [6.45, 7) is 1.19. The molecule has 4 rings (SSSR count). The Morgan fingerprint density at radius 1 is 1.15 bits per heavy atom. The highest BCUT2D eigenvalue weighted by molar-refractivity contribution is 5.97. The average Bonchev–Trinajstić information content (AvgIpc) is 3.04. The molecule has 0 N–H and O–H groups in total. The number of carbonyl (C=O) groups excluding carboxylic acids is 1. The molecule has 2 saturated heterocycles. The second-order valence-electron chi connectivity index (χ2n) is 7.12. The van der Waals surface area contributed by atoms with Crippen LogP contribution < -0.4 is 10.5 Å². The Labute approximate surface area is 156 Å². The van der Waals surface area contributed by atoms with Crippen LogP contribution in [0.15, 0.2) is 41.3 Å². The maximum absolute atomic E-state index is 13.0. The van der Waals surface area contributed by atoms with Crippen molar-refractivity contribution in [1.29, 1.82) is 0 Å². The predicted octanol–water partition coefficient (Wildman–Crippen LogP) is 2.68. The van der Waals surface area contributed by atoms with Crippen LogP contribution in [0.1, 0.15) is 37.5 Å². The number of anilines is 1. The van der Waals surface area contributed by atoms with Gasteiger partial charge in [-0.3, -0.25) is 9.59 Å². The lowest BCUT2D eigenvalue weighted by Crippen LogP contribution is -2.33. The van der Waals surface area contributed by atoms with Gasteiger partial charge in [0, 0.05) is 25.1 Å². The van der Waals surface area contributed by atoms with E-state index in [1.54, 1.807) is 23.2 Å². The predicted molar refractivity (Wildman–Crippen MR) is 97.9 cm³/mol. The van der Waals surface area contributed by atoms with Crippen LogP contribution in [0.5, 0.6) is 0 Å². The van der Waals surface area contributed by atoms with Crippen molar-refractivity contribution in [2.45, 2.75) is 38.3 Å². The molecule has 0 aliphatic carbocycles. The molecule has 0 spiro atoms. The Bertz CT molecular complexity index is 875. The van der Waals surface area contributed by atoms with Gasteiger partial charge in [0.1, 0.15) is 5.82 Å². The lowest BCUT2D eigenvalue weighted by atomic mass is 9.98. The number of hydrogen-bond donors (Lipinski definition) is 0. The summed E-state index contributed by atoms with van der Waals surface area (Å²) in [5.74, 6) is -0.474. The van der Waals surface area contributed by atoms with E-state index in [9.17, 15) is 14.0 Å². The lowest BCUT2D eigenvalue weighted by Gasteiger charge is -2.24. The van der Waals surface area contributed by atoms with Crippen LogP contribution in [-0.4, -0.2) is 28.8 Å². The summed E-state index contributed by atoms with van der Waals surface area (Å²) in [5.41, 5.74) is 1.20. The van der Waals surface area contributed by atoms with E-state index in [2.05, 4.69) is 5.10 Å². The van der Waals surface area contributed by atoms with E-state index in [0.717, 1.165) is 24.8 Å². The average molecular weight is 371 g/mol. The van der Waals surface area contributed by atoms with Crippen LogP contribution in [0.2, 0.25) is 0 Å². The van der Waals surface area contributed by atoms with Crippen LogP contribution in [0.4, 0.5) is 10.1 Å². The van der Waals surface area contributed by atoms with E-state index >= 15 is 0 Å². The summed E-state index contributed by atoms with van der Waals surface area (Å²) in [6, 6.07) is 7.69. The normalized spacial score (nSPS) is 23.0. The molecule has 3 heterocycles. The lowest BCUT2D eigenvalue weighted by molar-refractivity contribution is -0.120. The van der Waals surface area contributed by atoms with Crippen molar-refractivity contribution in [1.82, 2.24) is 9.78 Å². The number of nitrogens with zero attached hydrogens (tertiary/aromatic N) is 3. The van der Waals surface area contributed by atoms with Gasteiger partial charge in [-0.2, -0.15) is 5.10 Å². The first kappa shape index (κ1) is 17.9. The van der Waals surface area contributed by atoms with Crippen molar-refractivity contribution in [2.24, 2.45) is 5.92 Å². The summed E-state index contributed by atoms with van der Waals surface area (Å²) in [5, 5.41) is 4.24. The number of rotatable bonds is 4. The maximum atomic E-state index is 13.0. The molecule has 1 aromatic carbocycles. The minimum atomic E-state index is -0.319. The first-order valence-electron chi connectivity index (χ1n) is 9.38. The second kappa shape index (κ2) is 7.60. The molecule has 2 atom stereocenters.